The predicted octanol–water partition coefficient (Wildman–Crippen LogP) is 2.11. The Hall–Kier alpha value is -0.640. The van der Waals surface area contributed by atoms with Crippen LogP contribution in [-0.2, 0) is 4.84 Å². The molecule has 0 amide bonds. The predicted molar refractivity (Wildman–Crippen MR) is 46.1 cm³/mol. The molecule has 1 rings (SSSR count). The van der Waals surface area contributed by atoms with Crippen molar-refractivity contribution < 1.29 is 4.84 Å². The normalized spacial score (nSPS) is 29.8. The molecule has 0 atom stereocenters. The summed E-state index contributed by atoms with van der Waals surface area (Å²) in [4.78, 5) is 15.2. The first-order valence-corrected chi connectivity index (χ1v) is 4.46. The fraction of sp³-hybridized carbons (Fsp3) is 1.00. The van der Waals surface area contributed by atoms with E-state index in [0.29, 0.717) is 0 Å². The van der Waals surface area contributed by atoms with Crippen molar-refractivity contribution >= 4 is 0 Å². The molecule has 0 radical (unpaired) electrons. The van der Waals surface area contributed by atoms with E-state index in [1.54, 1.807) is 0 Å². The average Bonchev–Trinajstić information content (AvgIpc) is 2.09. The summed E-state index contributed by atoms with van der Waals surface area (Å²) in [5, 5.41) is 3.68. The van der Waals surface area contributed by atoms with Gasteiger partial charge < -0.3 is 0 Å². The molecule has 4 nitrogen and oxygen atoms in total. The van der Waals surface area contributed by atoms with Gasteiger partial charge in [-0.3, -0.25) is 4.84 Å². The Morgan fingerprint density at radius 3 is 2.42 bits per heavy atom. The van der Waals surface area contributed by atoms with Gasteiger partial charge in [-0.15, -0.1) is 10.1 Å². The third-order valence-corrected chi connectivity index (χ3v) is 2.38. The van der Waals surface area contributed by atoms with Crippen LogP contribution in [0.3, 0.4) is 0 Å². The summed E-state index contributed by atoms with van der Waals surface area (Å²) in [5.41, 5.74) is 0. The highest BCUT2D eigenvalue weighted by molar-refractivity contribution is 4.69. The highest BCUT2D eigenvalue weighted by Gasteiger charge is 2.20. The van der Waals surface area contributed by atoms with Gasteiger partial charge in [0.1, 0.15) is 0 Å². The number of hydroxylamine groups is 1. The van der Waals surface area contributed by atoms with Crippen LogP contribution in [0, 0.1) is 10.8 Å². The van der Waals surface area contributed by atoms with Crippen molar-refractivity contribution in [2.45, 2.75) is 38.7 Å². The van der Waals surface area contributed by atoms with Crippen molar-refractivity contribution in [3.8, 4) is 0 Å². The largest absolute Gasteiger partial charge is 0.251 e. The summed E-state index contributed by atoms with van der Waals surface area (Å²) in [6, 6.07) is 0. The maximum absolute atomic E-state index is 9.99. The van der Waals surface area contributed by atoms with Gasteiger partial charge in [-0.25, -0.2) is 0 Å². The van der Waals surface area contributed by atoms with Crippen molar-refractivity contribution in [1.29, 1.82) is 0 Å². The third kappa shape index (κ3) is 2.77. The third-order valence-electron chi connectivity index (χ3n) is 2.38. The molecule has 0 aromatic carbocycles. The Morgan fingerprint density at radius 1 is 1.33 bits per heavy atom. The van der Waals surface area contributed by atoms with Crippen molar-refractivity contribution in [3.05, 3.63) is 4.91 Å². The number of nitroso groups, excluding NO2 is 1. The second-order valence-electron chi connectivity index (χ2n) is 3.53. The number of nitrogens with zero attached hydrogens (tertiary/aromatic N) is 2. The highest BCUT2D eigenvalue weighted by atomic mass is 16.7. The summed E-state index contributed by atoms with van der Waals surface area (Å²) in [6.45, 7) is 2.25. The smallest absolute Gasteiger partial charge is 0.0876 e. The Kier molecular flexibility index (Phi) is 3.47. The van der Waals surface area contributed by atoms with Crippen LogP contribution in [0.5, 0.6) is 0 Å². The Bertz CT molecular complexity index is 144. The fourth-order valence-corrected chi connectivity index (χ4v) is 1.57. The van der Waals surface area contributed by atoms with Crippen LogP contribution < -0.4 is 0 Å². The molecule has 12 heavy (non-hydrogen) atoms. The number of hydrogen-bond donors (Lipinski definition) is 0. The fourth-order valence-electron chi connectivity index (χ4n) is 1.57. The SMILES string of the molecule is CC1CCC(ON(C)N=O)CC1. The monoisotopic (exact) mass is 172 g/mol. The first-order valence-electron chi connectivity index (χ1n) is 4.46. The van der Waals surface area contributed by atoms with Crippen molar-refractivity contribution in [2.24, 2.45) is 11.2 Å². The van der Waals surface area contributed by atoms with Gasteiger partial charge in [0.25, 0.3) is 0 Å². The molecule has 0 heterocycles. The van der Waals surface area contributed by atoms with E-state index < -0.39 is 0 Å². The zero-order valence-electron chi connectivity index (χ0n) is 7.69. The molecule has 0 spiro atoms. The summed E-state index contributed by atoms with van der Waals surface area (Å²) in [6.07, 6.45) is 4.67. The molecule has 0 N–H and O–H groups in total. The van der Waals surface area contributed by atoms with Crippen LogP contribution >= 0.6 is 0 Å². The molecular weight excluding hydrogens is 156 g/mol. The molecule has 0 aliphatic heterocycles. The summed E-state index contributed by atoms with van der Waals surface area (Å²) in [5.74, 6) is 0.805. The van der Waals surface area contributed by atoms with Crippen molar-refractivity contribution in [3.63, 3.8) is 0 Å². The van der Waals surface area contributed by atoms with Crippen LogP contribution in [0.4, 0.5) is 0 Å². The molecule has 1 saturated carbocycles. The van der Waals surface area contributed by atoms with Crippen LogP contribution in [0.1, 0.15) is 32.6 Å². The van der Waals surface area contributed by atoms with Gasteiger partial charge >= 0.3 is 0 Å². The molecule has 0 aromatic rings. The van der Waals surface area contributed by atoms with Crippen LogP contribution in [-0.4, -0.2) is 18.3 Å². The van der Waals surface area contributed by atoms with Crippen molar-refractivity contribution in [2.75, 3.05) is 7.05 Å². The van der Waals surface area contributed by atoms with E-state index in [9.17, 15) is 4.91 Å². The molecule has 0 saturated heterocycles. The van der Waals surface area contributed by atoms with Crippen LogP contribution in [0.25, 0.3) is 0 Å². The summed E-state index contributed by atoms with van der Waals surface area (Å²) >= 11 is 0. The summed E-state index contributed by atoms with van der Waals surface area (Å²) in [7, 11) is 1.53. The maximum atomic E-state index is 9.99. The first-order chi connectivity index (χ1) is 5.72. The molecule has 0 bridgehead atoms. The molecule has 70 valence electrons. The average molecular weight is 172 g/mol. The van der Waals surface area contributed by atoms with Crippen LogP contribution in [0.15, 0.2) is 5.29 Å². The van der Waals surface area contributed by atoms with Crippen LogP contribution in [0.2, 0.25) is 0 Å². The summed E-state index contributed by atoms with van der Waals surface area (Å²) < 4.78 is 0. The lowest BCUT2D eigenvalue weighted by molar-refractivity contribution is -0.192. The molecule has 1 aliphatic carbocycles. The minimum atomic E-state index is 0.198. The second-order valence-corrected chi connectivity index (χ2v) is 3.53. The van der Waals surface area contributed by atoms with Gasteiger partial charge in [0.15, 0.2) is 0 Å². The topological polar surface area (TPSA) is 41.9 Å². The van der Waals surface area contributed by atoms with Gasteiger partial charge in [0, 0.05) is 0 Å². The standard InChI is InChI=1S/C8H16N2O2/c1-7-3-5-8(6-4-7)12-10(2)9-11/h7-8H,3-6H2,1-2H3. The van der Waals surface area contributed by atoms with E-state index in [2.05, 4.69) is 12.2 Å². The molecule has 1 fully saturated rings. The number of rotatable bonds is 3. The second kappa shape index (κ2) is 4.40. The van der Waals surface area contributed by atoms with E-state index in [0.717, 1.165) is 23.9 Å². The minimum Gasteiger partial charge on any atom is -0.251 e. The van der Waals surface area contributed by atoms with E-state index in [-0.39, 0.29) is 6.10 Å². The highest BCUT2D eigenvalue weighted by Crippen LogP contribution is 2.25. The van der Waals surface area contributed by atoms with E-state index in [4.69, 9.17) is 4.84 Å². The number of hydrogen-bond acceptors (Lipinski definition) is 3. The van der Waals surface area contributed by atoms with Gasteiger partial charge in [-0.05, 0) is 31.6 Å². The Labute approximate surface area is 72.8 Å². The lowest BCUT2D eigenvalue weighted by atomic mass is 9.89. The maximum Gasteiger partial charge on any atom is 0.0876 e. The van der Waals surface area contributed by atoms with Gasteiger partial charge in [0.2, 0.25) is 0 Å². The Morgan fingerprint density at radius 2 is 1.92 bits per heavy atom. The molecular formula is C8H16N2O2. The molecule has 0 unspecified atom stereocenters. The van der Waals surface area contributed by atoms with Gasteiger partial charge in [0.05, 0.1) is 18.4 Å². The van der Waals surface area contributed by atoms with E-state index >= 15 is 0 Å². The quantitative estimate of drug-likeness (QED) is 0.483. The Balaban J connectivity index is 2.21. The van der Waals surface area contributed by atoms with Gasteiger partial charge in [-0.1, -0.05) is 6.92 Å². The van der Waals surface area contributed by atoms with E-state index in [1.165, 1.54) is 19.9 Å². The first kappa shape index (κ1) is 9.45. The molecule has 4 heteroatoms. The molecule has 0 aromatic heterocycles. The lowest BCUT2D eigenvalue weighted by Crippen LogP contribution is -2.26. The minimum absolute atomic E-state index is 0.198. The van der Waals surface area contributed by atoms with Gasteiger partial charge in [-0.2, -0.15) is 0 Å². The van der Waals surface area contributed by atoms with E-state index in [1.807, 2.05) is 0 Å². The zero-order valence-corrected chi connectivity index (χ0v) is 7.69. The van der Waals surface area contributed by atoms with Crippen molar-refractivity contribution in [1.82, 2.24) is 5.17 Å². The molecule has 1 aliphatic rings. The zero-order chi connectivity index (χ0) is 8.97. The lowest BCUT2D eigenvalue weighted by Gasteiger charge is -2.26.